The molecule has 0 bridgehead atoms. The standard InChI is InChI=1S/C15H22F3N/c1-4-13(11(3)19-5-2)10-12-6-8-14(9-7-12)15(16,17)18/h6-9,11,13,19H,4-5,10H2,1-3H3. The van der Waals surface area contributed by atoms with Gasteiger partial charge in [-0.15, -0.1) is 0 Å². The zero-order chi connectivity index (χ0) is 14.5. The lowest BCUT2D eigenvalue weighted by Gasteiger charge is -2.23. The Hall–Kier alpha value is -1.03. The Labute approximate surface area is 113 Å². The first kappa shape index (κ1) is 16.0. The largest absolute Gasteiger partial charge is 0.416 e. The molecule has 1 aromatic carbocycles. The molecular formula is C15H22F3N. The summed E-state index contributed by atoms with van der Waals surface area (Å²) in [5, 5.41) is 3.37. The van der Waals surface area contributed by atoms with Crippen molar-refractivity contribution in [1.82, 2.24) is 5.32 Å². The van der Waals surface area contributed by atoms with E-state index in [4.69, 9.17) is 0 Å². The molecule has 0 aliphatic heterocycles. The molecule has 4 heteroatoms. The number of rotatable bonds is 6. The number of benzene rings is 1. The normalized spacial score (nSPS) is 15.3. The van der Waals surface area contributed by atoms with Crippen LogP contribution in [0.5, 0.6) is 0 Å². The molecule has 1 aromatic rings. The van der Waals surface area contributed by atoms with Gasteiger partial charge in [-0.1, -0.05) is 32.4 Å². The molecule has 2 atom stereocenters. The molecule has 2 unspecified atom stereocenters. The maximum atomic E-state index is 12.5. The SMILES string of the molecule is CCNC(C)C(CC)Cc1ccc(C(F)(F)F)cc1. The fourth-order valence-electron chi connectivity index (χ4n) is 2.30. The van der Waals surface area contributed by atoms with Crippen LogP contribution in [0.1, 0.15) is 38.3 Å². The molecule has 0 amide bonds. The van der Waals surface area contributed by atoms with Crippen LogP contribution >= 0.6 is 0 Å². The van der Waals surface area contributed by atoms with Gasteiger partial charge >= 0.3 is 6.18 Å². The summed E-state index contributed by atoms with van der Waals surface area (Å²) in [5.41, 5.74) is 0.383. The van der Waals surface area contributed by atoms with Gasteiger partial charge in [0.2, 0.25) is 0 Å². The van der Waals surface area contributed by atoms with Gasteiger partial charge in [-0.3, -0.25) is 0 Å². The third-order valence-corrected chi connectivity index (χ3v) is 3.54. The summed E-state index contributed by atoms with van der Waals surface area (Å²) in [6.07, 6.45) is -2.43. The predicted molar refractivity (Wildman–Crippen MR) is 72.1 cm³/mol. The van der Waals surface area contributed by atoms with Gasteiger partial charge in [-0.05, 0) is 43.5 Å². The van der Waals surface area contributed by atoms with Crippen LogP contribution in [0, 0.1) is 5.92 Å². The second-order valence-corrected chi connectivity index (χ2v) is 4.91. The van der Waals surface area contributed by atoms with Crippen LogP contribution in [-0.2, 0) is 12.6 Å². The number of alkyl halides is 3. The van der Waals surface area contributed by atoms with Crippen molar-refractivity contribution in [3.63, 3.8) is 0 Å². The highest BCUT2D eigenvalue weighted by molar-refractivity contribution is 5.25. The molecule has 1 nitrogen and oxygen atoms in total. The van der Waals surface area contributed by atoms with Gasteiger partial charge in [0.25, 0.3) is 0 Å². The second-order valence-electron chi connectivity index (χ2n) is 4.91. The Morgan fingerprint density at radius 2 is 1.68 bits per heavy atom. The highest BCUT2D eigenvalue weighted by Gasteiger charge is 2.30. The minimum absolute atomic E-state index is 0.372. The summed E-state index contributed by atoms with van der Waals surface area (Å²) >= 11 is 0. The zero-order valence-electron chi connectivity index (χ0n) is 11.7. The van der Waals surface area contributed by atoms with Crippen LogP contribution < -0.4 is 5.32 Å². The molecule has 0 radical (unpaired) electrons. The summed E-state index contributed by atoms with van der Waals surface area (Å²) in [6, 6.07) is 5.88. The minimum Gasteiger partial charge on any atom is -0.314 e. The number of halogens is 3. The van der Waals surface area contributed by atoms with E-state index in [9.17, 15) is 13.2 Å². The summed E-state index contributed by atoms with van der Waals surface area (Å²) in [4.78, 5) is 0. The second kappa shape index (κ2) is 6.94. The minimum atomic E-state index is -4.25. The lowest BCUT2D eigenvalue weighted by Crippen LogP contribution is -2.34. The molecule has 1 N–H and O–H groups in total. The van der Waals surface area contributed by atoms with Crippen molar-refractivity contribution in [2.75, 3.05) is 6.54 Å². The van der Waals surface area contributed by atoms with Crippen molar-refractivity contribution in [3.05, 3.63) is 35.4 Å². The third kappa shape index (κ3) is 4.86. The van der Waals surface area contributed by atoms with E-state index in [1.807, 2.05) is 0 Å². The van der Waals surface area contributed by atoms with E-state index in [-0.39, 0.29) is 0 Å². The fraction of sp³-hybridized carbons (Fsp3) is 0.600. The highest BCUT2D eigenvalue weighted by atomic mass is 19.4. The molecule has 0 heterocycles. The topological polar surface area (TPSA) is 12.0 Å². The van der Waals surface area contributed by atoms with Gasteiger partial charge < -0.3 is 5.32 Å². The number of nitrogens with one attached hydrogen (secondary N) is 1. The fourth-order valence-corrected chi connectivity index (χ4v) is 2.30. The number of hydrogen-bond acceptors (Lipinski definition) is 1. The molecule has 108 valence electrons. The molecule has 0 saturated carbocycles. The van der Waals surface area contributed by atoms with Crippen LogP contribution in [-0.4, -0.2) is 12.6 Å². The molecule has 0 aliphatic rings. The summed E-state index contributed by atoms with van der Waals surface area (Å²) in [5.74, 6) is 0.441. The van der Waals surface area contributed by atoms with E-state index >= 15 is 0 Å². The summed E-state index contributed by atoms with van der Waals surface area (Å²) < 4.78 is 37.4. The van der Waals surface area contributed by atoms with E-state index in [0.717, 1.165) is 24.9 Å². The van der Waals surface area contributed by atoms with Crippen LogP contribution in [0.2, 0.25) is 0 Å². The van der Waals surface area contributed by atoms with Crippen molar-refractivity contribution in [2.45, 2.75) is 45.8 Å². The summed E-state index contributed by atoms with van der Waals surface area (Å²) in [6.45, 7) is 7.20. The van der Waals surface area contributed by atoms with Crippen LogP contribution in [0.3, 0.4) is 0 Å². The molecular weight excluding hydrogens is 251 g/mol. The van der Waals surface area contributed by atoms with Crippen molar-refractivity contribution < 1.29 is 13.2 Å². The van der Waals surface area contributed by atoms with E-state index in [1.54, 1.807) is 12.1 Å². The van der Waals surface area contributed by atoms with Gasteiger partial charge in [0.1, 0.15) is 0 Å². The Balaban J connectivity index is 2.71. The molecule has 1 rings (SSSR count). The molecule has 0 fully saturated rings. The third-order valence-electron chi connectivity index (χ3n) is 3.54. The van der Waals surface area contributed by atoms with E-state index in [0.29, 0.717) is 12.0 Å². The molecule has 0 aliphatic carbocycles. The molecule has 19 heavy (non-hydrogen) atoms. The van der Waals surface area contributed by atoms with Crippen molar-refractivity contribution >= 4 is 0 Å². The Morgan fingerprint density at radius 1 is 1.11 bits per heavy atom. The van der Waals surface area contributed by atoms with Crippen LogP contribution in [0.15, 0.2) is 24.3 Å². The highest BCUT2D eigenvalue weighted by Crippen LogP contribution is 2.29. The van der Waals surface area contributed by atoms with Gasteiger partial charge in [-0.2, -0.15) is 13.2 Å². The first-order valence-electron chi connectivity index (χ1n) is 6.78. The Morgan fingerprint density at radius 3 is 2.11 bits per heavy atom. The van der Waals surface area contributed by atoms with Crippen LogP contribution in [0.4, 0.5) is 13.2 Å². The van der Waals surface area contributed by atoms with Gasteiger partial charge in [0.15, 0.2) is 0 Å². The quantitative estimate of drug-likeness (QED) is 0.816. The Kier molecular flexibility index (Phi) is 5.85. The molecule has 0 saturated heterocycles. The van der Waals surface area contributed by atoms with Crippen molar-refractivity contribution in [1.29, 1.82) is 0 Å². The first-order valence-corrected chi connectivity index (χ1v) is 6.78. The monoisotopic (exact) mass is 273 g/mol. The molecule has 0 spiro atoms. The lowest BCUT2D eigenvalue weighted by atomic mass is 9.90. The Bertz CT molecular complexity index is 370. The first-order chi connectivity index (χ1) is 8.88. The number of hydrogen-bond donors (Lipinski definition) is 1. The van der Waals surface area contributed by atoms with Crippen molar-refractivity contribution in [3.8, 4) is 0 Å². The predicted octanol–water partition coefficient (Wildman–Crippen LogP) is 4.27. The zero-order valence-corrected chi connectivity index (χ0v) is 11.7. The summed E-state index contributed by atoms with van der Waals surface area (Å²) in [7, 11) is 0. The van der Waals surface area contributed by atoms with E-state index < -0.39 is 11.7 Å². The molecule has 0 aromatic heterocycles. The van der Waals surface area contributed by atoms with E-state index in [2.05, 4.69) is 26.1 Å². The maximum absolute atomic E-state index is 12.5. The van der Waals surface area contributed by atoms with Gasteiger partial charge in [-0.25, -0.2) is 0 Å². The van der Waals surface area contributed by atoms with Crippen molar-refractivity contribution in [2.24, 2.45) is 5.92 Å². The average Bonchev–Trinajstić information content (AvgIpc) is 2.35. The average molecular weight is 273 g/mol. The van der Waals surface area contributed by atoms with Gasteiger partial charge in [0, 0.05) is 6.04 Å². The lowest BCUT2D eigenvalue weighted by molar-refractivity contribution is -0.137. The maximum Gasteiger partial charge on any atom is 0.416 e. The van der Waals surface area contributed by atoms with Gasteiger partial charge in [0.05, 0.1) is 5.56 Å². The van der Waals surface area contributed by atoms with E-state index in [1.165, 1.54) is 12.1 Å². The smallest absolute Gasteiger partial charge is 0.314 e. The van der Waals surface area contributed by atoms with Crippen LogP contribution in [0.25, 0.3) is 0 Å².